The molecule has 1 heterocycles. The summed E-state index contributed by atoms with van der Waals surface area (Å²) in [5.74, 6) is 1.24. The molecule has 0 unspecified atom stereocenters. The fourth-order valence-electron chi connectivity index (χ4n) is 5.42. The van der Waals surface area contributed by atoms with E-state index in [2.05, 4.69) is 32.4 Å². The summed E-state index contributed by atoms with van der Waals surface area (Å²) in [6, 6.07) is 12.3. The maximum atomic E-state index is 13.7. The molecule has 7 nitrogen and oxygen atoms in total. The highest BCUT2D eigenvalue weighted by Gasteiger charge is 2.24. The number of nitrogens with one attached hydrogen (secondary N) is 1. The topological polar surface area (TPSA) is 85.6 Å². The van der Waals surface area contributed by atoms with Gasteiger partial charge in [-0.25, -0.2) is 8.42 Å². The molecule has 0 aliphatic heterocycles. The van der Waals surface area contributed by atoms with Crippen molar-refractivity contribution in [2.24, 2.45) is 0 Å². The van der Waals surface area contributed by atoms with Gasteiger partial charge in [0, 0.05) is 29.5 Å². The maximum absolute atomic E-state index is 13.7. The van der Waals surface area contributed by atoms with E-state index < -0.39 is 10.0 Å². The molecule has 0 fully saturated rings. The summed E-state index contributed by atoms with van der Waals surface area (Å²) >= 11 is 0. The third-order valence-corrected chi connectivity index (χ3v) is 8.46. The number of ketones is 1. The molecular formula is C33H49N2O5S+. The molecule has 0 aliphatic rings. The molecule has 0 radical (unpaired) electrons. The molecule has 0 amide bonds. The molecule has 1 aromatic heterocycles. The van der Waals surface area contributed by atoms with Crippen molar-refractivity contribution < 1.29 is 26.8 Å². The van der Waals surface area contributed by atoms with Crippen LogP contribution in [0.25, 0.3) is 11.0 Å². The van der Waals surface area contributed by atoms with Gasteiger partial charge in [-0.05, 0) is 68.7 Å². The number of unbranched alkanes of at least 4 members (excludes halogenated alkanes) is 3. The summed E-state index contributed by atoms with van der Waals surface area (Å²) in [7, 11) is -3.45. The van der Waals surface area contributed by atoms with E-state index in [1.807, 2.05) is 12.1 Å². The number of hydrogen-bond donors (Lipinski definition) is 1. The number of aryl methyl sites for hydroxylation is 1. The smallest absolute Gasteiger partial charge is 0.229 e. The highest BCUT2D eigenvalue weighted by atomic mass is 32.2. The second-order valence-electron chi connectivity index (χ2n) is 11.2. The van der Waals surface area contributed by atoms with Gasteiger partial charge < -0.3 is 13.6 Å². The minimum absolute atomic E-state index is 0.144. The fourth-order valence-corrected chi connectivity index (χ4v) is 5.98. The van der Waals surface area contributed by atoms with E-state index in [0.717, 1.165) is 44.4 Å². The average molecular weight is 586 g/mol. The Morgan fingerprint density at radius 3 is 2.10 bits per heavy atom. The van der Waals surface area contributed by atoms with Gasteiger partial charge in [0.1, 0.15) is 17.1 Å². The van der Waals surface area contributed by atoms with Crippen molar-refractivity contribution in [3.63, 3.8) is 0 Å². The number of carbonyl (C=O) groups is 1. The number of furan rings is 1. The fraction of sp³-hybridized carbons (Fsp3) is 0.545. The molecule has 226 valence electrons. The number of anilines is 1. The quantitative estimate of drug-likeness (QED) is 0.0890. The monoisotopic (exact) mass is 585 g/mol. The summed E-state index contributed by atoms with van der Waals surface area (Å²) in [5, 5.41) is 0.610. The Bertz CT molecular complexity index is 1350. The molecule has 1 N–H and O–H groups in total. The van der Waals surface area contributed by atoms with Gasteiger partial charge in [-0.15, -0.1) is 0 Å². The van der Waals surface area contributed by atoms with Crippen LogP contribution in [0.4, 0.5) is 5.69 Å². The predicted molar refractivity (Wildman–Crippen MR) is 168 cm³/mol. The Labute approximate surface area is 246 Å². The number of sulfonamides is 1. The number of benzene rings is 2. The second kappa shape index (κ2) is 15.4. The van der Waals surface area contributed by atoms with E-state index in [0.29, 0.717) is 46.6 Å². The lowest BCUT2D eigenvalue weighted by Crippen LogP contribution is -2.50. The molecular weight excluding hydrogens is 536 g/mol. The highest BCUT2D eigenvalue weighted by molar-refractivity contribution is 7.92. The number of hydrogen-bond acceptors (Lipinski definition) is 5. The van der Waals surface area contributed by atoms with Crippen molar-refractivity contribution in [1.82, 2.24) is 0 Å². The number of nitrogens with zero attached hydrogens (tertiary/aromatic N) is 1. The standard InChI is InChI=1S/C33H49N2O5S/c1-6-10-14-31-32(29-25-27(34-41(5,37)38)17-20-30(29)40-31)33(36)26-15-18-28(19-16-26)39-24-13-23-35(9-4,21-11-7-2)22-12-8-3/h15-20,25,34H,6-14,21-24H2,1-5H3/q+1. The Hall–Kier alpha value is -2.84. The second-order valence-corrected chi connectivity index (χ2v) is 12.9. The SMILES string of the molecule is CCCCc1oc2ccc(NS(C)(=O)=O)cc2c1C(=O)c1ccc(OCCC[N+](CC)(CCCC)CCCC)cc1. The first-order valence-corrected chi connectivity index (χ1v) is 17.2. The lowest BCUT2D eigenvalue weighted by molar-refractivity contribution is -0.927. The van der Waals surface area contributed by atoms with Crippen LogP contribution in [0, 0.1) is 0 Å². The number of quaternary nitrogens is 1. The predicted octanol–water partition coefficient (Wildman–Crippen LogP) is 7.58. The van der Waals surface area contributed by atoms with Crippen molar-refractivity contribution in [1.29, 1.82) is 0 Å². The summed E-state index contributed by atoms with van der Waals surface area (Å²) in [6.07, 6.45) is 9.55. The van der Waals surface area contributed by atoms with E-state index >= 15 is 0 Å². The Kier molecular flexibility index (Phi) is 12.3. The minimum Gasteiger partial charge on any atom is -0.493 e. The van der Waals surface area contributed by atoms with Gasteiger partial charge in [0.15, 0.2) is 5.78 Å². The van der Waals surface area contributed by atoms with Gasteiger partial charge in [0.2, 0.25) is 10.0 Å². The first-order chi connectivity index (χ1) is 19.6. The van der Waals surface area contributed by atoms with E-state index in [4.69, 9.17) is 9.15 Å². The van der Waals surface area contributed by atoms with Crippen LogP contribution in [0.15, 0.2) is 46.9 Å². The summed E-state index contributed by atoms with van der Waals surface area (Å²) in [6.45, 7) is 14.3. The largest absolute Gasteiger partial charge is 0.493 e. The molecule has 0 atom stereocenters. The van der Waals surface area contributed by atoms with Crippen LogP contribution >= 0.6 is 0 Å². The Morgan fingerprint density at radius 2 is 1.51 bits per heavy atom. The van der Waals surface area contributed by atoms with E-state index in [9.17, 15) is 13.2 Å². The van der Waals surface area contributed by atoms with Crippen molar-refractivity contribution >= 4 is 32.5 Å². The molecule has 3 rings (SSSR count). The van der Waals surface area contributed by atoms with Gasteiger partial charge in [0.25, 0.3) is 0 Å². The highest BCUT2D eigenvalue weighted by Crippen LogP contribution is 2.32. The normalized spacial score (nSPS) is 12.1. The zero-order chi connectivity index (χ0) is 29.9. The van der Waals surface area contributed by atoms with Gasteiger partial charge in [-0.1, -0.05) is 40.0 Å². The summed E-state index contributed by atoms with van der Waals surface area (Å²) in [5.41, 5.74) is 2.00. The lowest BCUT2D eigenvalue weighted by Gasteiger charge is -2.38. The molecule has 41 heavy (non-hydrogen) atoms. The van der Waals surface area contributed by atoms with Crippen molar-refractivity contribution in [2.75, 3.05) is 43.8 Å². The Morgan fingerprint density at radius 1 is 0.878 bits per heavy atom. The molecule has 0 aliphatic carbocycles. The van der Waals surface area contributed by atoms with Gasteiger partial charge >= 0.3 is 0 Å². The zero-order valence-electron chi connectivity index (χ0n) is 25.6. The number of fused-ring (bicyclic) bond motifs is 1. The summed E-state index contributed by atoms with van der Waals surface area (Å²) < 4.78 is 39.4. The van der Waals surface area contributed by atoms with Crippen molar-refractivity contribution in [2.45, 2.75) is 79.1 Å². The van der Waals surface area contributed by atoms with Gasteiger partial charge in [0.05, 0.1) is 44.6 Å². The first-order valence-electron chi connectivity index (χ1n) is 15.3. The number of ether oxygens (including phenoxy) is 1. The summed E-state index contributed by atoms with van der Waals surface area (Å²) in [4.78, 5) is 13.7. The third kappa shape index (κ3) is 9.33. The molecule has 2 aromatic carbocycles. The van der Waals surface area contributed by atoms with E-state index in [1.54, 1.807) is 30.3 Å². The van der Waals surface area contributed by atoms with Crippen molar-refractivity contribution in [3.8, 4) is 5.75 Å². The molecule has 8 heteroatoms. The first kappa shape index (κ1) is 32.7. The maximum Gasteiger partial charge on any atom is 0.229 e. The average Bonchev–Trinajstić information content (AvgIpc) is 3.32. The van der Waals surface area contributed by atoms with Crippen LogP contribution in [0.5, 0.6) is 5.75 Å². The number of rotatable bonds is 19. The molecule has 0 saturated carbocycles. The lowest BCUT2D eigenvalue weighted by atomic mass is 9.98. The van der Waals surface area contributed by atoms with Crippen LogP contribution < -0.4 is 9.46 Å². The van der Waals surface area contributed by atoms with Crippen LogP contribution in [0.2, 0.25) is 0 Å². The number of carbonyl (C=O) groups excluding carboxylic acids is 1. The Balaban J connectivity index is 1.73. The van der Waals surface area contributed by atoms with Crippen LogP contribution in [-0.4, -0.2) is 57.7 Å². The third-order valence-electron chi connectivity index (χ3n) is 7.85. The minimum atomic E-state index is -3.45. The van der Waals surface area contributed by atoms with Crippen LogP contribution in [0.1, 0.15) is 94.3 Å². The molecule has 0 spiro atoms. The van der Waals surface area contributed by atoms with E-state index in [-0.39, 0.29) is 5.78 Å². The van der Waals surface area contributed by atoms with Crippen LogP contribution in [-0.2, 0) is 16.4 Å². The zero-order valence-corrected chi connectivity index (χ0v) is 26.4. The molecule has 0 bridgehead atoms. The molecule has 0 saturated heterocycles. The van der Waals surface area contributed by atoms with Crippen LogP contribution in [0.3, 0.4) is 0 Å². The van der Waals surface area contributed by atoms with Gasteiger partial charge in [-0.2, -0.15) is 0 Å². The molecule has 3 aromatic rings. The van der Waals surface area contributed by atoms with E-state index in [1.165, 1.54) is 43.3 Å². The van der Waals surface area contributed by atoms with Gasteiger partial charge in [-0.3, -0.25) is 9.52 Å². The van der Waals surface area contributed by atoms with Crippen molar-refractivity contribution in [3.05, 3.63) is 59.4 Å².